The zero-order valence-electron chi connectivity index (χ0n) is 13.5. The molecule has 4 aromatic rings. The predicted octanol–water partition coefficient (Wildman–Crippen LogP) is 2.77. The Labute approximate surface area is 142 Å². The van der Waals surface area contributed by atoms with E-state index < -0.39 is 0 Å². The fourth-order valence-corrected chi connectivity index (χ4v) is 2.41. The van der Waals surface area contributed by atoms with Gasteiger partial charge in [0.05, 0.1) is 26.6 Å². The van der Waals surface area contributed by atoms with Crippen molar-refractivity contribution in [1.82, 2.24) is 25.1 Å². The van der Waals surface area contributed by atoms with E-state index in [9.17, 15) is 0 Å². The second-order valence-electron chi connectivity index (χ2n) is 5.06. The Morgan fingerprint density at radius 3 is 2.76 bits per heavy atom. The lowest BCUT2D eigenvalue weighted by molar-refractivity contribution is 0.355. The van der Waals surface area contributed by atoms with Crippen LogP contribution in [-0.4, -0.2) is 39.4 Å². The summed E-state index contributed by atoms with van der Waals surface area (Å²) in [5, 5.41) is 10.1. The maximum absolute atomic E-state index is 5.33. The molecule has 3 heterocycles. The number of methoxy groups -OCH3 is 2. The number of anilines is 2. The van der Waals surface area contributed by atoms with Crippen LogP contribution in [-0.2, 0) is 0 Å². The van der Waals surface area contributed by atoms with Gasteiger partial charge in [-0.3, -0.25) is 5.10 Å². The number of benzene rings is 1. The van der Waals surface area contributed by atoms with Gasteiger partial charge in [0.1, 0.15) is 17.3 Å². The molecular formula is C16H14N6O3. The number of rotatable bonds is 5. The number of hydrogen-bond donors (Lipinski definition) is 2. The Morgan fingerprint density at radius 2 is 2.00 bits per heavy atom. The molecule has 3 aromatic heterocycles. The monoisotopic (exact) mass is 338 g/mol. The lowest BCUT2D eigenvalue weighted by atomic mass is 10.2. The number of hydrogen-bond acceptors (Lipinski definition) is 8. The molecule has 9 nitrogen and oxygen atoms in total. The average molecular weight is 338 g/mol. The van der Waals surface area contributed by atoms with Crippen LogP contribution in [0.3, 0.4) is 0 Å². The number of H-pyrrole nitrogens is 1. The highest BCUT2D eigenvalue weighted by atomic mass is 16.5. The van der Waals surface area contributed by atoms with Crippen LogP contribution in [0.4, 0.5) is 11.5 Å². The lowest BCUT2D eigenvalue weighted by Crippen LogP contribution is -2.00. The van der Waals surface area contributed by atoms with Crippen LogP contribution in [0, 0.1) is 0 Å². The summed E-state index contributed by atoms with van der Waals surface area (Å²) in [6, 6.07) is 5.48. The molecular weight excluding hydrogens is 324 g/mol. The van der Waals surface area contributed by atoms with Gasteiger partial charge in [-0.1, -0.05) is 0 Å². The standard InChI is InChI=1S/C16H14N6O3/c1-23-11-4-3-9(7-12(11)24-2)19-14-13-10(8-18-22-13)20-15(21-14)16-17-5-6-25-16/h3-8H,1-2H3,(H,18,22)(H,19,20,21). The van der Waals surface area contributed by atoms with Crippen LogP contribution in [0.15, 0.2) is 41.3 Å². The zero-order valence-corrected chi connectivity index (χ0v) is 13.5. The Hall–Kier alpha value is -3.62. The van der Waals surface area contributed by atoms with Crippen LogP contribution in [0.5, 0.6) is 11.5 Å². The molecule has 0 spiro atoms. The Morgan fingerprint density at radius 1 is 1.12 bits per heavy atom. The molecule has 9 heteroatoms. The first kappa shape index (κ1) is 14.9. The molecule has 25 heavy (non-hydrogen) atoms. The number of oxazole rings is 1. The molecule has 0 unspecified atom stereocenters. The van der Waals surface area contributed by atoms with E-state index in [-0.39, 0.29) is 0 Å². The summed E-state index contributed by atoms with van der Waals surface area (Å²) in [5.74, 6) is 2.49. The van der Waals surface area contributed by atoms with Crippen molar-refractivity contribution in [2.45, 2.75) is 0 Å². The number of aromatic nitrogens is 5. The van der Waals surface area contributed by atoms with Crippen molar-refractivity contribution in [3.05, 3.63) is 36.9 Å². The van der Waals surface area contributed by atoms with Gasteiger partial charge < -0.3 is 19.2 Å². The Kier molecular flexibility index (Phi) is 3.65. The van der Waals surface area contributed by atoms with Gasteiger partial charge in [-0.2, -0.15) is 5.10 Å². The average Bonchev–Trinajstić information content (AvgIpc) is 3.33. The first-order valence-electron chi connectivity index (χ1n) is 7.38. The highest BCUT2D eigenvalue weighted by Gasteiger charge is 2.14. The van der Waals surface area contributed by atoms with Crippen LogP contribution < -0.4 is 14.8 Å². The van der Waals surface area contributed by atoms with Gasteiger partial charge in [0.2, 0.25) is 5.82 Å². The highest BCUT2D eigenvalue weighted by molar-refractivity contribution is 5.88. The molecule has 0 bridgehead atoms. The summed E-state index contributed by atoms with van der Waals surface area (Å²) >= 11 is 0. The van der Waals surface area contributed by atoms with Crippen LogP contribution in [0.25, 0.3) is 22.7 Å². The van der Waals surface area contributed by atoms with Gasteiger partial charge in [0.25, 0.3) is 5.89 Å². The largest absolute Gasteiger partial charge is 0.493 e. The van der Waals surface area contributed by atoms with Gasteiger partial charge in [-0.05, 0) is 12.1 Å². The minimum atomic E-state index is 0.332. The summed E-state index contributed by atoms with van der Waals surface area (Å²) < 4.78 is 15.9. The van der Waals surface area contributed by atoms with Crippen molar-refractivity contribution in [3.8, 4) is 23.2 Å². The number of ether oxygens (including phenoxy) is 2. The van der Waals surface area contributed by atoms with E-state index in [4.69, 9.17) is 13.9 Å². The van der Waals surface area contributed by atoms with Gasteiger partial charge >= 0.3 is 0 Å². The predicted molar refractivity (Wildman–Crippen MR) is 90.0 cm³/mol. The number of nitrogens with one attached hydrogen (secondary N) is 2. The molecule has 126 valence electrons. The van der Waals surface area contributed by atoms with E-state index in [1.54, 1.807) is 26.6 Å². The van der Waals surface area contributed by atoms with Crippen LogP contribution in [0.2, 0.25) is 0 Å². The smallest absolute Gasteiger partial charge is 0.264 e. The topological polar surface area (TPSA) is 111 Å². The minimum Gasteiger partial charge on any atom is -0.493 e. The summed E-state index contributed by atoms with van der Waals surface area (Å²) in [5.41, 5.74) is 2.09. The van der Waals surface area contributed by atoms with E-state index >= 15 is 0 Å². The third-order valence-electron chi connectivity index (χ3n) is 3.57. The van der Waals surface area contributed by atoms with Crippen molar-refractivity contribution in [3.63, 3.8) is 0 Å². The summed E-state index contributed by atoms with van der Waals surface area (Å²) in [6.07, 6.45) is 4.63. The van der Waals surface area contributed by atoms with E-state index in [1.165, 1.54) is 6.26 Å². The third-order valence-corrected chi connectivity index (χ3v) is 3.57. The minimum absolute atomic E-state index is 0.332. The third kappa shape index (κ3) is 2.71. The Bertz CT molecular complexity index is 1010. The maximum Gasteiger partial charge on any atom is 0.264 e. The molecule has 0 aliphatic rings. The Balaban J connectivity index is 1.77. The molecule has 4 rings (SSSR count). The van der Waals surface area contributed by atoms with Crippen molar-refractivity contribution in [1.29, 1.82) is 0 Å². The summed E-state index contributed by atoms with van der Waals surface area (Å²) in [7, 11) is 3.17. The van der Waals surface area contributed by atoms with Crippen molar-refractivity contribution >= 4 is 22.5 Å². The van der Waals surface area contributed by atoms with Crippen molar-refractivity contribution in [2.75, 3.05) is 19.5 Å². The molecule has 0 amide bonds. The fourth-order valence-electron chi connectivity index (χ4n) is 2.41. The summed E-state index contributed by atoms with van der Waals surface area (Å²) in [4.78, 5) is 13.0. The van der Waals surface area contributed by atoms with Crippen molar-refractivity contribution < 1.29 is 13.9 Å². The van der Waals surface area contributed by atoms with E-state index in [1.807, 2.05) is 18.2 Å². The maximum atomic E-state index is 5.33. The first-order valence-corrected chi connectivity index (χ1v) is 7.38. The molecule has 0 aliphatic heterocycles. The second kappa shape index (κ2) is 6.11. The molecule has 0 fully saturated rings. The van der Waals surface area contributed by atoms with Gasteiger partial charge in [-0.15, -0.1) is 0 Å². The highest BCUT2D eigenvalue weighted by Crippen LogP contribution is 2.32. The zero-order chi connectivity index (χ0) is 17.2. The normalized spacial score (nSPS) is 10.8. The van der Waals surface area contributed by atoms with E-state index in [0.717, 1.165) is 5.69 Å². The summed E-state index contributed by atoms with van der Waals surface area (Å²) in [6.45, 7) is 0. The van der Waals surface area contributed by atoms with Crippen LogP contribution in [0.1, 0.15) is 0 Å². The second-order valence-corrected chi connectivity index (χ2v) is 5.06. The van der Waals surface area contributed by atoms with Crippen LogP contribution >= 0.6 is 0 Å². The molecule has 0 saturated heterocycles. The van der Waals surface area contributed by atoms with Gasteiger partial charge in [-0.25, -0.2) is 15.0 Å². The fraction of sp³-hybridized carbons (Fsp3) is 0.125. The van der Waals surface area contributed by atoms with Crippen molar-refractivity contribution in [2.24, 2.45) is 0 Å². The number of nitrogens with zero attached hydrogens (tertiary/aromatic N) is 4. The molecule has 0 saturated carbocycles. The lowest BCUT2D eigenvalue weighted by Gasteiger charge is -2.11. The first-order chi connectivity index (χ1) is 12.3. The molecule has 0 aliphatic carbocycles. The van der Waals surface area contributed by atoms with Gasteiger partial charge in [0.15, 0.2) is 17.3 Å². The number of fused-ring (bicyclic) bond motifs is 1. The van der Waals surface area contributed by atoms with Gasteiger partial charge in [0, 0.05) is 11.8 Å². The molecule has 0 atom stereocenters. The molecule has 2 N–H and O–H groups in total. The molecule has 1 aromatic carbocycles. The van der Waals surface area contributed by atoms with E-state index in [0.29, 0.717) is 40.1 Å². The molecule has 0 radical (unpaired) electrons. The number of aromatic amines is 1. The quantitative estimate of drug-likeness (QED) is 0.571. The van der Waals surface area contributed by atoms with E-state index in [2.05, 4.69) is 30.5 Å². The SMILES string of the molecule is COc1ccc(Nc2nc(-c3ncco3)nc3cn[nH]c23)cc1OC.